The van der Waals surface area contributed by atoms with Gasteiger partial charge in [0.15, 0.2) is 5.65 Å². The van der Waals surface area contributed by atoms with Gasteiger partial charge in [-0.1, -0.05) is 22.0 Å². The van der Waals surface area contributed by atoms with E-state index in [4.69, 9.17) is 4.98 Å². The van der Waals surface area contributed by atoms with Crippen molar-refractivity contribution in [3.05, 3.63) is 52.3 Å². The molecule has 1 aromatic carbocycles. The van der Waals surface area contributed by atoms with Crippen molar-refractivity contribution in [2.45, 2.75) is 38.6 Å². The number of hydrogen-bond donors (Lipinski definition) is 1. The lowest BCUT2D eigenvalue weighted by Gasteiger charge is -2.11. The highest BCUT2D eigenvalue weighted by Gasteiger charge is 2.28. The molecule has 1 aliphatic carbocycles. The largest absolute Gasteiger partial charge is 0.322 e. The molecule has 2 heterocycles. The molecule has 0 unspecified atom stereocenters. The van der Waals surface area contributed by atoms with Crippen LogP contribution >= 0.6 is 15.9 Å². The first kappa shape index (κ1) is 16.3. The van der Waals surface area contributed by atoms with E-state index in [1.54, 1.807) is 6.20 Å². The number of hydrogen-bond acceptors (Lipinski definition) is 3. The molecule has 3 aromatic rings. The van der Waals surface area contributed by atoms with Crippen molar-refractivity contribution < 1.29 is 4.79 Å². The van der Waals surface area contributed by atoms with Crippen LogP contribution in [0.1, 0.15) is 54.7 Å². The molecule has 1 amide bonds. The highest BCUT2D eigenvalue weighted by atomic mass is 79.9. The van der Waals surface area contributed by atoms with E-state index >= 15 is 0 Å². The molecule has 4 rings (SSSR count). The van der Waals surface area contributed by atoms with Crippen LogP contribution in [0.5, 0.6) is 0 Å². The smallest absolute Gasteiger partial charge is 0.256 e. The molecule has 0 spiro atoms. The van der Waals surface area contributed by atoms with Crippen LogP contribution in [0.2, 0.25) is 0 Å². The second-order valence-electron chi connectivity index (χ2n) is 6.75. The number of fused-ring (bicyclic) bond motifs is 1. The van der Waals surface area contributed by atoms with Gasteiger partial charge in [-0.25, -0.2) is 9.67 Å². The maximum Gasteiger partial charge on any atom is 0.256 e. The number of rotatable bonds is 4. The van der Waals surface area contributed by atoms with Crippen molar-refractivity contribution in [1.82, 2.24) is 14.8 Å². The van der Waals surface area contributed by atoms with Crippen LogP contribution in [0, 0.1) is 0 Å². The first-order valence-electron chi connectivity index (χ1n) is 8.48. The van der Waals surface area contributed by atoms with E-state index in [9.17, 15) is 4.79 Å². The Morgan fingerprint density at radius 3 is 2.80 bits per heavy atom. The maximum absolute atomic E-state index is 12.9. The van der Waals surface area contributed by atoms with Crippen LogP contribution in [0.15, 0.2) is 41.0 Å². The minimum absolute atomic E-state index is 0.129. The van der Waals surface area contributed by atoms with Gasteiger partial charge in [0.05, 0.1) is 17.1 Å². The molecule has 1 N–H and O–H groups in total. The standard InChI is InChI=1S/C19H19BrN4O/c1-11(2)24-18-16(10-21-24)15(9-17(23-18)12-6-7-12)19(25)22-14-5-3-4-13(20)8-14/h3-5,8-12H,6-7H2,1-2H3,(H,22,25). The highest BCUT2D eigenvalue weighted by Crippen LogP contribution is 2.40. The predicted octanol–water partition coefficient (Wildman–Crippen LogP) is 4.90. The fourth-order valence-corrected chi connectivity index (χ4v) is 3.36. The lowest BCUT2D eigenvalue weighted by molar-refractivity contribution is 0.102. The van der Waals surface area contributed by atoms with E-state index < -0.39 is 0 Å². The third-order valence-electron chi connectivity index (χ3n) is 4.40. The number of nitrogens with one attached hydrogen (secondary N) is 1. The van der Waals surface area contributed by atoms with Crippen molar-refractivity contribution in [2.24, 2.45) is 0 Å². The first-order chi connectivity index (χ1) is 12.0. The number of benzene rings is 1. The highest BCUT2D eigenvalue weighted by molar-refractivity contribution is 9.10. The summed E-state index contributed by atoms with van der Waals surface area (Å²) in [6.45, 7) is 4.14. The topological polar surface area (TPSA) is 59.8 Å². The summed E-state index contributed by atoms with van der Waals surface area (Å²) in [5.74, 6) is 0.341. The van der Waals surface area contributed by atoms with Gasteiger partial charge in [0, 0.05) is 27.8 Å². The average molecular weight is 399 g/mol. The van der Waals surface area contributed by atoms with Gasteiger partial charge in [0.2, 0.25) is 0 Å². The summed E-state index contributed by atoms with van der Waals surface area (Å²) in [5.41, 5.74) is 3.18. The lowest BCUT2D eigenvalue weighted by atomic mass is 10.1. The summed E-state index contributed by atoms with van der Waals surface area (Å²) in [7, 11) is 0. The SMILES string of the molecule is CC(C)n1ncc2c(C(=O)Nc3cccc(Br)c3)cc(C3CC3)nc21. The fraction of sp³-hybridized carbons (Fsp3) is 0.316. The molecular formula is C19H19BrN4O. The molecule has 5 nitrogen and oxygen atoms in total. The Labute approximate surface area is 154 Å². The Morgan fingerprint density at radius 2 is 2.12 bits per heavy atom. The van der Waals surface area contributed by atoms with Gasteiger partial charge in [0.1, 0.15) is 0 Å². The first-order valence-corrected chi connectivity index (χ1v) is 9.27. The van der Waals surface area contributed by atoms with Gasteiger partial charge in [-0.2, -0.15) is 5.10 Å². The van der Waals surface area contributed by atoms with Crippen molar-refractivity contribution in [2.75, 3.05) is 5.32 Å². The van der Waals surface area contributed by atoms with Crippen molar-refractivity contribution in [3.63, 3.8) is 0 Å². The molecule has 0 aliphatic heterocycles. The van der Waals surface area contributed by atoms with Crippen LogP contribution in [0.4, 0.5) is 5.69 Å². The number of pyridine rings is 1. The summed E-state index contributed by atoms with van der Waals surface area (Å²) >= 11 is 3.43. The lowest BCUT2D eigenvalue weighted by Crippen LogP contribution is -2.14. The van der Waals surface area contributed by atoms with E-state index in [1.807, 2.05) is 35.0 Å². The monoisotopic (exact) mass is 398 g/mol. The molecular weight excluding hydrogens is 380 g/mol. The van der Waals surface area contributed by atoms with E-state index in [0.717, 1.165) is 39.7 Å². The molecule has 0 atom stereocenters. The Bertz CT molecular complexity index is 959. The third kappa shape index (κ3) is 3.18. The zero-order valence-corrected chi connectivity index (χ0v) is 15.7. The molecule has 0 bridgehead atoms. The second-order valence-corrected chi connectivity index (χ2v) is 7.67. The normalized spacial score (nSPS) is 14.2. The van der Waals surface area contributed by atoms with E-state index in [0.29, 0.717) is 11.5 Å². The summed E-state index contributed by atoms with van der Waals surface area (Å²) in [4.78, 5) is 17.7. The van der Waals surface area contributed by atoms with Crippen molar-refractivity contribution in [1.29, 1.82) is 0 Å². The van der Waals surface area contributed by atoms with Crippen LogP contribution in [-0.4, -0.2) is 20.7 Å². The molecule has 0 saturated heterocycles. The Morgan fingerprint density at radius 1 is 1.32 bits per heavy atom. The molecule has 1 saturated carbocycles. The van der Waals surface area contributed by atoms with Crippen molar-refractivity contribution in [3.8, 4) is 0 Å². The van der Waals surface area contributed by atoms with Crippen LogP contribution in [0.3, 0.4) is 0 Å². The average Bonchev–Trinajstić information content (AvgIpc) is 3.32. The van der Waals surface area contributed by atoms with E-state index in [1.165, 1.54) is 0 Å². The molecule has 25 heavy (non-hydrogen) atoms. The minimum Gasteiger partial charge on any atom is -0.322 e. The Balaban J connectivity index is 1.78. The van der Waals surface area contributed by atoms with Gasteiger partial charge in [-0.05, 0) is 51.0 Å². The second kappa shape index (κ2) is 6.26. The number of carbonyl (C=O) groups excluding carboxylic acids is 1. The molecule has 1 fully saturated rings. The number of amides is 1. The Hall–Kier alpha value is -2.21. The molecule has 1 aliphatic rings. The van der Waals surface area contributed by atoms with Gasteiger partial charge < -0.3 is 5.32 Å². The summed E-state index contributed by atoms with van der Waals surface area (Å²) < 4.78 is 2.81. The Kier molecular flexibility index (Phi) is 4.07. The number of aromatic nitrogens is 3. The van der Waals surface area contributed by atoms with Gasteiger partial charge in [0.25, 0.3) is 5.91 Å². The summed E-state index contributed by atoms with van der Waals surface area (Å²) in [5, 5.41) is 8.23. The number of carbonyl (C=O) groups is 1. The maximum atomic E-state index is 12.9. The molecule has 0 radical (unpaired) electrons. The minimum atomic E-state index is -0.129. The van der Waals surface area contributed by atoms with Crippen molar-refractivity contribution >= 4 is 38.6 Å². The number of nitrogens with zero attached hydrogens (tertiary/aromatic N) is 3. The van der Waals surface area contributed by atoms with Crippen LogP contribution < -0.4 is 5.32 Å². The molecule has 2 aromatic heterocycles. The zero-order valence-electron chi connectivity index (χ0n) is 14.2. The number of halogens is 1. The predicted molar refractivity (Wildman–Crippen MR) is 102 cm³/mol. The number of anilines is 1. The summed E-state index contributed by atoms with van der Waals surface area (Å²) in [6, 6.07) is 9.71. The quantitative estimate of drug-likeness (QED) is 0.679. The summed E-state index contributed by atoms with van der Waals surface area (Å²) in [6.07, 6.45) is 4.02. The van der Waals surface area contributed by atoms with E-state index in [-0.39, 0.29) is 11.9 Å². The molecule has 6 heteroatoms. The van der Waals surface area contributed by atoms with Gasteiger partial charge in [-0.15, -0.1) is 0 Å². The van der Waals surface area contributed by atoms with Gasteiger partial charge in [-0.3, -0.25) is 4.79 Å². The third-order valence-corrected chi connectivity index (χ3v) is 4.89. The fourth-order valence-electron chi connectivity index (χ4n) is 2.96. The van der Waals surface area contributed by atoms with Crippen LogP contribution in [-0.2, 0) is 0 Å². The van der Waals surface area contributed by atoms with Crippen LogP contribution in [0.25, 0.3) is 11.0 Å². The van der Waals surface area contributed by atoms with Gasteiger partial charge >= 0.3 is 0 Å². The molecule has 128 valence electrons. The zero-order chi connectivity index (χ0) is 17.6. The van der Waals surface area contributed by atoms with E-state index in [2.05, 4.69) is 40.2 Å².